The fourth-order valence-corrected chi connectivity index (χ4v) is 2.14. The van der Waals surface area contributed by atoms with Gasteiger partial charge in [-0.25, -0.2) is 0 Å². The van der Waals surface area contributed by atoms with Crippen molar-refractivity contribution in [1.29, 1.82) is 0 Å². The Hall–Kier alpha value is -0.610. The third kappa shape index (κ3) is 3.18. The van der Waals surface area contributed by atoms with E-state index in [4.69, 9.17) is 5.73 Å². The molecule has 15 heavy (non-hydrogen) atoms. The molecule has 0 aromatic carbocycles. The Balaban J connectivity index is 1.69. The molecule has 1 heterocycles. The molecule has 0 radical (unpaired) electrons. The number of nitrogens with one attached hydrogen (secondary N) is 1. The molecule has 0 aromatic heterocycles. The smallest absolute Gasteiger partial charge is 0.234 e. The van der Waals surface area contributed by atoms with E-state index in [1.807, 2.05) is 0 Å². The lowest BCUT2D eigenvalue weighted by molar-refractivity contribution is -0.122. The molecular formula is C11H21N3O. The van der Waals surface area contributed by atoms with Crippen molar-refractivity contribution in [1.82, 2.24) is 10.2 Å². The highest BCUT2D eigenvalue weighted by Crippen LogP contribution is 2.20. The van der Waals surface area contributed by atoms with E-state index in [2.05, 4.69) is 17.1 Å². The summed E-state index contributed by atoms with van der Waals surface area (Å²) in [4.78, 5) is 13.8. The SMILES string of the molecule is CC(N)C1CCN(CC(=O)NC2CC2)C1. The fourth-order valence-electron chi connectivity index (χ4n) is 2.14. The molecule has 1 saturated heterocycles. The quantitative estimate of drug-likeness (QED) is 0.684. The summed E-state index contributed by atoms with van der Waals surface area (Å²) in [5.74, 6) is 0.751. The van der Waals surface area contributed by atoms with Gasteiger partial charge in [-0.05, 0) is 38.6 Å². The second kappa shape index (κ2) is 4.49. The molecule has 86 valence electrons. The predicted octanol–water partition coefficient (Wildman–Crippen LogP) is -0.0659. The standard InChI is InChI=1S/C11H21N3O/c1-8(12)9-4-5-14(6-9)7-11(15)13-10-2-3-10/h8-10H,2-7,12H2,1H3,(H,13,15). The summed E-state index contributed by atoms with van der Waals surface area (Å²) in [6, 6.07) is 0.728. The Labute approximate surface area is 91.2 Å². The van der Waals surface area contributed by atoms with Crippen LogP contribution in [0.4, 0.5) is 0 Å². The number of likely N-dealkylation sites (tertiary alicyclic amines) is 1. The van der Waals surface area contributed by atoms with E-state index in [1.54, 1.807) is 0 Å². The number of nitrogens with two attached hydrogens (primary N) is 1. The van der Waals surface area contributed by atoms with Crippen molar-refractivity contribution in [3.8, 4) is 0 Å². The van der Waals surface area contributed by atoms with Gasteiger partial charge in [-0.15, -0.1) is 0 Å². The summed E-state index contributed by atoms with van der Waals surface area (Å²) < 4.78 is 0. The number of carbonyl (C=O) groups excluding carboxylic acids is 1. The van der Waals surface area contributed by atoms with Gasteiger partial charge in [-0.3, -0.25) is 9.69 Å². The van der Waals surface area contributed by atoms with Gasteiger partial charge in [0.05, 0.1) is 6.54 Å². The Morgan fingerprint density at radius 3 is 2.80 bits per heavy atom. The summed E-state index contributed by atoms with van der Waals surface area (Å²) in [5, 5.41) is 3.01. The lowest BCUT2D eigenvalue weighted by Crippen LogP contribution is -2.38. The number of hydrogen-bond acceptors (Lipinski definition) is 3. The summed E-state index contributed by atoms with van der Waals surface area (Å²) in [5.41, 5.74) is 5.85. The van der Waals surface area contributed by atoms with Gasteiger partial charge in [-0.2, -0.15) is 0 Å². The number of rotatable bonds is 4. The minimum Gasteiger partial charge on any atom is -0.352 e. The van der Waals surface area contributed by atoms with Crippen LogP contribution >= 0.6 is 0 Å². The molecule has 1 aliphatic heterocycles. The largest absolute Gasteiger partial charge is 0.352 e. The normalized spacial score (nSPS) is 29.1. The molecule has 0 spiro atoms. The molecule has 2 unspecified atom stereocenters. The van der Waals surface area contributed by atoms with Gasteiger partial charge in [-0.1, -0.05) is 0 Å². The van der Waals surface area contributed by atoms with Crippen molar-refractivity contribution in [2.75, 3.05) is 19.6 Å². The second-order valence-electron chi connectivity index (χ2n) is 4.98. The van der Waals surface area contributed by atoms with Gasteiger partial charge < -0.3 is 11.1 Å². The first-order chi connectivity index (χ1) is 7.15. The molecule has 4 heteroatoms. The maximum Gasteiger partial charge on any atom is 0.234 e. The predicted molar refractivity (Wildman–Crippen MR) is 59.4 cm³/mol. The first-order valence-corrected chi connectivity index (χ1v) is 5.92. The Morgan fingerprint density at radius 1 is 1.53 bits per heavy atom. The van der Waals surface area contributed by atoms with Crippen LogP contribution in [-0.2, 0) is 4.79 Å². The van der Waals surface area contributed by atoms with Crippen LogP contribution < -0.4 is 11.1 Å². The minimum absolute atomic E-state index is 0.183. The number of nitrogens with zero attached hydrogens (tertiary/aromatic N) is 1. The fraction of sp³-hybridized carbons (Fsp3) is 0.909. The first kappa shape index (κ1) is 10.9. The molecule has 1 amide bonds. The van der Waals surface area contributed by atoms with Crippen LogP contribution in [0.15, 0.2) is 0 Å². The van der Waals surface area contributed by atoms with E-state index in [1.165, 1.54) is 0 Å². The summed E-state index contributed by atoms with van der Waals surface area (Å²) in [6.07, 6.45) is 3.46. The Kier molecular flexibility index (Phi) is 3.26. The average Bonchev–Trinajstić information content (AvgIpc) is 2.82. The van der Waals surface area contributed by atoms with Gasteiger partial charge in [0.15, 0.2) is 0 Å². The summed E-state index contributed by atoms with van der Waals surface area (Å²) in [6.45, 7) is 4.61. The molecule has 1 saturated carbocycles. The molecule has 2 atom stereocenters. The molecule has 0 aromatic rings. The van der Waals surface area contributed by atoms with Crippen LogP contribution in [0.2, 0.25) is 0 Å². The second-order valence-corrected chi connectivity index (χ2v) is 4.98. The maximum atomic E-state index is 11.5. The third-order valence-electron chi connectivity index (χ3n) is 3.36. The highest BCUT2D eigenvalue weighted by Gasteiger charge is 2.28. The van der Waals surface area contributed by atoms with Crippen LogP contribution in [0.5, 0.6) is 0 Å². The maximum absolute atomic E-state index is 11.5. The van der Waals surface area contributed by atoms with E-state index in [-0.39, 0.29) is 11.9 Å². The van der Waals surface area contributed by atoms with Crippen molar-refractivity contribution < 1.29 is 4.79 Å². The zero-order valence-electron chi connectivity index (χ0n) is 9.41. The van der Waals surface area contributed by atoms with Crippen molar-refractivity contribution in [3.05, 3.63) is 0 Å². The lowest BCUT2D eigenvalue weighted by Gasteiger charge is -2.17. The van der Waals surface area contributed by atoms with Gasteiger partial charge in [0, 0.05) is 18.6 Å². The molecule has 3 N–H and O–H groups in total. The van der Waals surface area contributed by atoms with Gasteiger partial charge in [0.1, 0.15) is 0 Å². The molecule has 2 aliphatic rings. The van der Waals surface area contributed by atoms with Gasteiger partial charge >= 0.3 is 0 Å². The minimum atomic E-state index is 0.183. The Morgan fingerprint density at radius 2 is 2.27 bits per heavy atom. The molecule has 0 bridgehead atoms. The molecular weight excluding hydrogens is 190 g/mol. The number of hydrogen-bond donors (Lipinski definition) is 2. The molecule has 2 rings (SSSR count). The first-order valence-electron chi connectivity index (χ1n) is 5.92. The Bertz CT molecular complexity index is 238. The van der Waals surface area contributed by atoms with Crippen LogP contribution in [0.1, 0.15) is 26.2 Å². The van der Waals surface area contributed by atoms with E-state index in [9.17, 15) is 4.79 Å². The van der Waals surface area contributed by atoms with Crippen LogP contribution in [0.3, 0.4) is 0 Å². The number of amides is 1. The van der Waals surface area contributed by atoms with Crippen molar-refractivity contribution >= 4 is 5.91 Å². The van der Waals surface area contributed by atoms with E-state index in [0.29, 0.717) is 18.5 Å². The van der Waals surface area contributed by atoms with Gasteiger partial charge in [0.2, 0.25) is 5.91 Å². The van der Waals surface area contributed by atoms with Crippen molar-refractivity contribution in [2.45, 2.75) is 38.3 Å². The van der Waals surface area contributed by atoms with Crippen LogP contribution in [-0.4, -0.2) is 42.5 Å². The molecule has 4 nitrogen and oxygen atoms in total. The zero-order chi connectivity index (χ0) is 10.8. The van der Waals surface area contributed by atoms with Gasteiger partial charge in [0.25, 0.3) is 0 Å². The van der Waals surface area contributed by atoms with Crippen molar-refractivity contribution in [2.24, 2.45) is 11.7 Å². The highest BCUT2D eigenvalue weighted by atomic mass is 16.2. The third-order valence-corrected chi connectivity index (χ3v) is 3.36. The monoisotopic (exact) mass is 211 g/mol. The van der Waals surface area contributed by atoms with E-state index in [0.717, 1.165) is 32.4 Å². The summed E-state index contributed by atoms with van der Waals surface area (Å²) in [7, 11) is 0. The summed E-state index contributed by atoms with van der Waals surface area (Å²) >= 11 is 0. The average molecular weight is 211 g/mol. The van der Waals surface area contributed by atoms with E-state index < -0.39 is 0 Å². The zero-order valence-corrected chi connectivity index (χ0v) is 9.41. The van der Waals surface area contributed by atoms with Crippen LogP contribution in [0, 0.1) is 5.92 Å². The molecule has 2 fully saturated rings. The number of carbonyl (C=O) groups is 1. The van der Waals surface area contributed by atoms with Crippen molar-refractivity contribution in [3.63, 3.8) is 0 Å². The molecule has 1 aliphatic carbocycles. The van der Waals surface area contributed by atoms with E-state index >= 15 is 0 Å². The van der Waals surface area contributed by atoms with Crippen LogP contribution in [0.25, 0.3) is 0 Å². The lowest BCUT2D eigenvalue weighted by atomic mass is 10.0. The topological polar surface area (TPSA) is 58.4 Å². The highest BCUT2D eigenvalue weighted by molar-refractivity contribution is 5.78.